The molecule has 1 aromatic carbocycles. The number of pyridine rings is 1. The lowest BCUT2D eigenvalue weighted by molar-refractivity contribution is 0.0600. The maximum absolute atomic E-state index is 12.9. The fraction of sp³-hybridized carbons (Fsp3) is 0.0714. The summed E-state index contributed by atoms with van der Waals surface area (Å²) in [5.41, 5.74) is 1.62. The summed E-state index contributed by atoms with van der Waals surface area (Å²) in [7, 11) is 1.32. The molecule has 0 aliphatic carbocycles. The van der Waals surface area contributed by atoms with E-state index in [0.29, 0.717) is 22.6 Å². The van der Waals surface area contributed by atoms with E-state index < -0.39 is 5.97 Å². The van der Waals surface area contributed by atoms with Gasteiger partial charge in [0.25, 0.3) is 0 Å². The second kappa shape index (κ2) is 4.73. The van der Waals surface area contributed by atoms with E-state index >= 15 is 0 Å². The smallest absolute Gasteiger partial charge is 0.338 e. The minimum atomic E-state index is -0.432. The van der Waals surface area contributed by atoms with Crippen LogP contribution in [-0.2, 0) is 4.74 Å². The molecule has 0 N–H and O–H groups in total. The Balaban J connectivity index is 2.06. The van der Waals surface area contributed by atoms with E-state index in [1.165, 1.54) is 19.2 Å². The molecule has 0 spiro atoms. The second-order valence-electron chi connectivity index (χ2n) is 4.15. The van der Waals surface area contributed by atoms with Crippen molar-refractivity contribution in [2.75, 3.05) is 7.11 Å². The lowest BCUT2D eigenvalue weighted by Gasteiger charge is -1.97. The second-order valence-corrected chi connectivity index (χ2v) is 4.15. The van der Waals surface area contributed by atoms with Gasteiger partial charge in [-0.25, -0.2) is 18.7 Å². The highest BCUT2D eigenvalue weighted by Gasteiger charge is 2.10. The Bertz CT molecular complexity index is 781. The predicted molar refractivity (Wildman–Crippen MR) is 69.7 cm³/mol. The molecule has 0 amide bonds. The van der Waals surface area contributed by atoms with Crippen molar-refractivity contribution < 1.29 is 13.9 Å². The topological polar surface area (TPSA) is 56.5 Å². The normalized spacial score (nSPS) is 10.7. The fourth-order valence-electron chi connectivity index (χ4n) is 1.85. The van der Waals surface area contributed by atoms with Gasteiger partial charge in [-0.3, -0.25) is 0 Å². The maximum atomic E-state index is 12.9. The Labute approximate surface area is 113 Å². The molecule has 20 heavy (non-hydrogen) atoms. The van der Waals surface area contributed by atoms with Gasteiger partial charge in [0.15, 0.2) is 11.5 Å². The Hall–Kier alpha value is -2.76. The van der Waals surface area contributed by atoms with Crippen LogP contribution in [0.3, 0.4) is 0 Å². The quantitative estimate of drug-likeness (QED) is 0.671. The number of fused-ring (bicyclic) bond motifs is 1. The molecular weight excluding hydrogens is 261 g/mol. The molecule has 0 saturated heterocycles. The summed E-state index contributed by atoms with van der Waals surface area (Å²) in [5, 5.41) is 4.27. The van der Waals surface area contributed by atoms with Crippen molar-refractivity contribution in [1.82, 2.24) is 14.6 Å². The highest BCUT2D eigenvalue weighted by atomic mass is 19.1. The average Bonchev–Trinajstić information content (AvgIpc) is 2.90. The Morgan fingerprint density at radius 2 is 2.00 bits per heavy atom. The van der Waals surface area contributed by atoms with Gasteiger partial charge in [0.05, 0.1) is 12.7 Å². The molecule has 0 aliphatic rings. The zero-order chi connectivity index (χ0) is 14.1. The zero-order valence-corrected chi connectivity index (χ0v) is 10.6. The minimum Gasteiger partial charge on any atom is -0.465 e. The number of hydrogen-bond donors (Lipinski definition) is 0. The van der Waals surface area contributed by atoms with Crippen LogP contribution in [0, 0.1) is 5.82 Å². The molecule has 0 bridgehead atoms. The van der Waals surface area contributed by atoms with Crippen LogP contribution in [-0.4, -0.2) is 27.7 Å². The summed E-state index contributed by atoms with van der Waals surface area (Å²) < 4.78 is 19.1. The van der Waals surface area contributed by atoms with Crippen molar-refractivity contribution in [2.24, 2.45) is 0 Å². The van der Waals surface area contributed by atoms with Crippen LogP contribution >= 0.6 is 0 Å². The maximum Gasteiger partial charge on any atom is 0.338 e. The minimum absolute atomic E-state index is 0.314. The van der Waals surface area contributed by atoms with E-state index in [2.05, 4.69) is 14.8 Å². The van der Waals surface area contributed by atoms with Crippen LogP contribution in [0.5, 0.6) is 0 Å². The number of benzene rings is 1. The van der Waals surface area contributed by atoms with Crippen LogP contribution in [0.4, 0.5) is 4.39 Å². The van der Waals surface area contributed by atoms with Gasteiger partial charge in [-0.2, -0.15) is 0 Å². The first-order chi connectivity index (χ1) is 9.67. The molecule has 0 radical (unpaired) electrons. The molecule has 5 nitrogen and oxygen atoms in total. The molecule has 100 valence electrons. The lowest BCUT2D eigenvalue weighted by atomic mass is 10.2. The number of hydrogen-bond acceptors (Lipinski definition) is 4. The fourth-order valence-corrected chi connectivity index (χ4v) is 1.85. The molecule has 2 heterocycles. The number of halogens is 1. The van der Waals surface area contributed by atoms with Crippen LogP contribution in [0.15, 0.2) is 42.6 Å². The van der Waals surface area contributed by atoms with Crippen LogP contribution in [0.25, 0.3) is 17.0 Å². The molecule has 2 aromatic heterocycles. The summed E-state index contributed by atoms with van der Waals surface area (Å²) in [5.74, 6) is -0.281. The van der Waals surface area contributed by atoms with E-state index in [-0.39, 0.29) is 5.82 Å². The van der Waals surface area contributed by atoms with Crippen molar-refractivity contribution in [3.8, 4) is 11.4 Å². The lowest BCUT2D eigenvalue weighted by Crippen LogP contribution is -2.02. The summed E-state index contributed by atoms with van der Waals surface area (Å²) in [4.78, 5) is 15.8. The number of carbonyl (C=O) groups excluding carboxylic acids is 1. The van der Waals surface area contributed by atoms with Gasteiger partial charge in [-0.1, -0.05) is 0 Å². The Kier molecular flexibility index (Phi) is 2.90. The van der Waals surface area contributed by atoms with Crippen molar-refractivity contribution in [3.05, 3.63) is 54.0 Å². The van der Waals surface area contributed by atoms with Crippen molar-refractivity contribution in [3.63, 3.8) is 0 Å². The number of carbonyl (C=O) groups is 1. The highest BCUT2D eigenvalue weighted by molar-refractivity contribution is 5.90. The van der Waals surface area contributed by atoms with Crippen molar-refractivity contribution in [1.29, 1.82) is 0 Å². The third-order valence-corrected chi connectivity index (χ3v) is 2.86. The van der Waals surface area contributed by atoms with E-state index in [0.717, 1.165) is 0 Å². The van der Waals surface area contributed by atoms with Crippen LogP contribution in [0.2, 0.25) is 0 Å². The largest absolute Gasteiger partial charge is 0.465 e. The number of esters is 1. The molecule has 0 aliphatic heterocycles. The summed E-state index contributed by atoms with van der Waals surface area (Å²) in [6, 6.07) is 9.09. The van der Waals surface area contributed by atoms with Gasteiger partial charge in [0.1, 0.15) is 5.82 Å². The standard InChI is InChI=1S/C14H10FN3O2/c1-20-14(19)10-6-7-18-12(8-10)16-13(17-18)9-2-4-11(15)5-3-9/h2-8H,1H3. The van der Waals surface area contributed by atoms with Gasteiger partial charge in [0.2, 0.25) is 0 Å². The van der Waals surface area contributed by atoms with E-state index in [1.807, 2.05) is 0 Å². The highest BCUT2D eigenvalue weighted by Crippen LogP contribution is 2.17. The zero-order valence-electron chi connectivity index (χ0n) is 10.6. The first kappa shape index (κ1) is 12.3. The predicted octanol–water partition coefficient (Wildman–Crippen LogP) is 2.32. The third-order valence-electron chi connectivity index (χ3n) is 2.86. The number of aromatic nitrogens is 3. The molecule has 0 atom stereocenters. The van der Waals surface area contributed by atoms with Crippen molar-refractivity contribution >= 4 is 11.6 Å². The number of methoxy groups -OCH3 is 1. The molecule has 0 unspecified atom stereocenters. The first-order valence-electron chi connectivity index (χ1n) is 5.88. The molecular formula is C14H10FN3O2. The van der Waals surface area contributed by atoms with Crippen LogP contribution in [0.1, 0.15) is 10.4 Å². The monoisotopic (exact) mass is 271 g/mol. The van der Waals surface area contributed by atoms with E-state index in [1.54, 1.807) is 35.0 Å². The average molecular weight is 271 g/mol. The number of ether oxygens (including phenoxy) is 1. The summed E-state index contributed by atoms with van der Waals surface area (Å²) in [6.45, 7) is 0. The first-order valence-corrected chi connectivity index (χ1v) is 5.88. The number of rotatable bonds is 2. The Morgan fingerprint density at radius 1 is 1.25 bits per heavy atom. The van der Waals surface area contributed by atoms with E-state index in [9.17, 15) is 9.18 Å². The molecule has 0 fully saturated rings. The van der Waals surface area contributed by atoms with Crippen LogP contribution < -0.4 is 0 Å². The van der Waals surface area contributed by atoms with Gasteiger partial charge in [-0.15, -0.1) is 5.10 Å². The van der Waals surface area contributed by atoms with Gasteiger partial charge in [-0.05, 0) is 36.4 Å². The SMILES string of the molecule is COC(=O)c1ccn2nc(-c3ccc(F)cc3)nc2c1. The summed E-state index contributed by atoms with van der Waals surface area (Å²) >= 11 is 0. The molecule has 3 aromatic rings. The van der Waals surface area contributed by atoms with Gasteiger partial charge in [0, 0.05) is 11.8 Å². The summed E-state index contributed by atoms with van der Waals surface area (Å²) in [6.07, 6.45) is 1.63. The van der Waals surface area contributed by atoms with E-state index in [4.69, 9.17) is 0 Å². The molecule has 6 heteroatoms. The van der Waals surface area contributed by atoms with Gasteiger partial charge < -0.3 is 4.74 Å². The third kappa shape index (κ3) is 2.11. The van der Waals surface area contributed by atoms with Gasteiger partial charge >= 0.3 is 5.97 Å². The number of nitrogens with zero attached hydrogens (tertiary/aromatic N) is 3. The molecule has 3 rings (SSSR count). The Morgan fingerprint density at radius 3 is 2.70 bits per heavy atom. The van der Waals surface area contributed by atoms with Crippen molar-refractivity contribution in [2.45, 2.75) is 0 Å². The molecule has 0 saturated carbocycles.